The summed E-state index contributed by atoms with van der Waals surface area (Å²) in [5, 5.41) is 13.9. The fourth-order valence-corrected chi connectivity index (χ4v) is 2.34. The number of aliphatic hydroxyl groups excluding tert-OH is 1. The third-order valence-corrected chi connectivity index (χ3v) is 3.47. The first-order valence-corrected chi connectivity index (χ1v) is 6.89. The summed E-state index contributed by atoms with van der Waals surface area (Å²) in [7, 11) is 1.92. The first kappa shape index (κ1) is 13.5. The van der Waals surface area contributed by atoms with Gasteiger partial charge in [0.1, 0.15) is 0 Å². The Bertz CT molecular complexity index is 762. The van der Waals surface area contributed by atoms with E-state index in [1.54, 1.807) is 13.1 Å². The van der Waals surface area contributed by atoms with Crippen molar-refractivity contribution in [2.24, 2.45) is 7.05 Å². The van der Waals surface area contributed by atoms with Gasteiger partial charge in [-0.25, -0.2) is 0 Å². The van der Waals surface area contributed by atoms with Crippen LogP contribution in [0.25, 0.3) is 22.5 Å². The summed E-state index contributed by atoms with van der Waals surface area (Å²) in [6.07, 6.45) is 1.22. The van der Waals surface area contributed by atoms with Crippen molar-refractivity contribution in [2.75, 3.05) is 0 Å². The van der Waals surface area contributed by atoms with Crippen LogP contribution < -0.4 is 0 Å². The molecule has 106 valence electrons. The summed E-state index contributed by atoms with van der Waals surface area (Å²) in [6.45, 7) is 1.72. The van der Waals surface area contributed by atoms with Crippen LogP contribution in [0.2, 0.25) is 0 Å². The second kappa shape index (κ2) is 5.50. The standard InChI is InChI=1S/C17H17N3O/c1-12(21)15-7-4-8-16(19-15)13-5-3-6-14(11-13)17-9-10-18-20(17)2/h3-12,21H,1-2H3. The van der Waals surface area contributed by atoms with E-state index >= 15 is 0 Å². The maximum atomic E-state index is 9.66. The van der Waals surface area contributed by atoms with Gasteiger partial charge in [-0.15, -0.1) is 0 Å². The second-order valence-electron chi connectivity index (χ2n) is 5.04. The maximum Gasteiger partial charge on any atom is 0.0932 e. The Morgan fingerprint density at radius 2 is 1.81 bits per heavy atom. The van der Waals surface area contributed by atoms with Crippen LogP contribution in [0.1, 0.15) is 18.7 Å². The van der Waals surface area contributed by atoms with Gasteiger partial charge in [0, 0.05) is 24.4 Å². The van der Waals surface area contributed by atoms with E-state index < -0.39 is 6.10 Å². The van der Waals surface area contributed by atoms with E-state index in [1.807, 2.05) is 48.1 Å². The summed E-state index contributed by atoms with van der Waals surface area (Å²) >= 11 is 0. The lowest BCUT2D eigenvalue weighted by molar-refractivity contribution is 0.194. The molecule has 3 aromatic rings. The molecule has 0 saturated heterocycles. The topological polar surface area (TPSA) is 50.9 Å². The van der Waals surface area contributed by atoms with E-state index in [4.69, 9.17) is 0 Å². The van der Waals surface area contributed by atoms with Crippen molar-refractivity contribution in [3.8, 4) is 22.5 Å². The molecule has 1 atom stereocenters. The highest BCUT2D eigenvalue weighted by Gasteiger charge is 2.07. The number of aryl methyl sites for hydroxylation is 1. The molecule has 4 heteroatoms. The largest absolute Gasteiger partial charge is 0.387 e. The molecular formula is C17H17N3O. The van der Waals surface area contributed by atoms with Crippen LogP contribution in [-0.4, -0.2) is 19.9 Å². The minimum absolute atomic E-state index is 0.565. The monoisotopic (exact) mass is 279 g/mol. The summed E-state index contributed by atoms with van der Waals surface area (Å²) in [5.41, 5.74) is 4.72. The van der Waals surface area contributed by atoms with Gasteiger partial charge >= 0.3 is 0 Å². The first-order valence-electron chi connectivity index (χ1n) is 6.89. The summed E-state index contributed by atoms with van der Waals surface area (Å²) in [5.74, 6) is 0. The Balaban J connectivity index is 2.04. The summed E-state index contributed by atoms with van der Waals surface area (Å²) < 4.78 is 1.85. The van der Waals surface area contributed by atoms with Crippen LogP contribution in [0, 0.1) is 0 Å². The Hall–Kier alpha value is -2.46. The lowest BCUT2D eigenvalue weighted by Crippen LogP contribution is -1.97. The lowest BCUT2D eigenvalue weighted by Gasteiger charge is -2.08. The van der Waals surface area contributed by atoms with Crippen LogP contribution >= 0.6 is 0 Å². The Labute approximate surface area is 123 Å². The minimum atomic E-state index is -0.565. The smallest absolute Gasteiger partial charge is 0.0932 e. The normalized spacial score (nSPS) is 12.3. The average molecular weight is 279 g/mol. The molecule has 1 aromatic carbocycles. The van der Waals surface area contributed by atoms with Crippen LogP contribution in [0.4, 0.5) is 0 Å². The molecule has 0 spiro atoms. The third kappa shape index (κ3) is 2.71. The zero-order valence-corrected chi connectivity index (χ0v) is 12.1. The van der Waals surface area contributed by atoms with Gasteiger partial charge in [-0.05, 0) is 31.2 Å². The molecule has 0 fully saturated rings. The molecular weight excluding hydrogens is 262 g/mol. The van der Waals surface area contributed by atoms with Crippen LogP contribution in [0.3, 0.4) is 0 Å². The number of hydrogen-bond donors (Lipinski definition) is 1. The molecule has 2 aromatic heterocycles. The molecule has 1 unspecified atom stereocenters. The fraction of sp³-hybridized carbons (Fsp3) is 0.176. The quantitative estimate of drug-likeness (QED) is 0.801. The van der Waals surface area contributed by atoms with Crippen molar-refractivity contribution in [2.45, 2.75) is 13.0 Å². The highest BCUT2D eigenvalue weighted by molar-refractivity contribution is 5.69. The Kier molecular flexibility index (Phi) is 3.54. The maximum absolute atomic E-state index is 9.66. The average Bonchev–Trinajstić information content (AvgIpc) is 2.94. The molecule has 0 radical (unpaired) electrons. The molecule has 2 heterocycles. The predicted molar refractivity (Wildman–Crippen MR) is 82.5 cm³/mol. The molecule has 0 aliphatic carbocycles. The molecule has 0 saturated carbocycles. The van der Waals surface area contributed by atoms with E-state index in [0.29, 0.717) is 5.69 Å². The number of hydrogen-bond acceptors (Lipinski definition) is 3. The van der Waals surface area contributed by atoms with E-state index in [9.17, 15) is 5.11 Å². The van der Waals surface area contributed by atoms with Crippen molar-refractivity contribution in [1.29, 1.82) is 0 Å². The molecule has 0 amide bonds. The van der Waals surface area contributed by atoms with Gasteiger partial charge in [-0.3, -0.25) is 9.67 Å². The van der Waals surface area contributed by atoms with E-state index in [0.717, 1.165) is 22.5 Å². The molecule has 21 heavy (non-hydrogen) atoms. The summed E-state index contributed by atoms with van der Waals surface area (Å²) in [6, 6.07) is 15.9. The number of nitrogens with zero attached hydrogens (tertiary/aromatic N) is 3. The predicted octanol–water partition coefficient (Wildman–Crippen LogP) is 3.20. The van der Waals surface area contributed by atoms with Gasteiger partial charge in [-0.2, -0.15) is 5.10 Å². The zero-order valence-electron chi connectivity index (χ0n) is 12.1. The van der Waals surface area contributed by atoms with Gasteiger partial charge in [0.15, 0.2) is 0 Å². The highest BCUT2D eigenvalue weighted by Crippen LogP contribution is 2.25. The lowest BCUT2D eigenvalue weighted by atomic mass is 10.0. The minimum Gasteiger partial charge on any atom is -0.387 e. The van der Waals surface area contributed by atoms with Crippen molar-refractivity contribution in [3.63, 3.8) is 0 Å². The number of aliphatic hydroxyl groups is 1. The van der Waals surface area contributed by atoms with Crippen molar-refractivity contribution in [1.82, 2.24) is 14.8 Å². The van der Waals surface area contributed by atoms with Crippen molar-refractivity contribution >= 4 is 0 Å². The van der Waals surface area contributed by atoms with Crippen molar-refractivity contribution < 1.29 is 5.11 Å². The van der Waals surface area contributed by atoms with Gasteiger partial charge in [0.05, 0.1) is 23.2 Å². The molecule has 4 nitrogen and oxygen atoms in total. The van der Waals surface area contributed by atoms with Crippen LogP contribution in [0.5, 0.6) is 0 Å². The molecule has 3 rings (SSSR count). The van der Waals surface area contributed by atoms with Crippen LogP contribution in [-0.2, 0) is 7.05 Å². The van der Waals surface area contributed by atoms with E-state index in [2.05, 4.69) is 22.2 Å². The third-order valence-electron chi connectivity index (χ3n) is 3.47. The van der Waals surface area contributed by atoms with Crippen molar-refractivity contribution in [3.05, 3.63) is 60.4 Å². The first-order chi connectivity index (χ1) is 10.1. The molecule has 1 N–H and O–H groups in total. The second-order valence-corrected chi connectivity index (χ2v) is 5.04. The Morgan fingerprint density at radius 1 is 1.05 bits per heavy atom. The zero-order chi connectivity index (χ0) is 14.8. The number of aromatic nitrogens is 3. The fourth-order valence-electron chi connectivity index (χ4n) is 2.34. The highest BCUT2D eigenvalue weighted by atomic mass is 16.3. The van der Waals surface area contributed by atoms with Gasteiger partial charge < -0.3 is 5.11 Å². The van der Waals surface area contributed by atoms with Gasteiger partial charge in [0.25, 0.3) is 0 Å². The summed E-state index contributed by atoms with van der Waals surface area (Å²) in [4.78, 5) is 4.51. The van der Waals surface area contributed by atoms with Crippen LogP contribution in [0.15, 0.2) is 54.7 Å². The molecule has 0 bridgehead atoms. The van der Waals surface area contributed by atoms with Gasteiger partial charge in [0.2, 0.25) is 0 Å². The SMILES string of the molecule is CC(O)c1cccc(-c2cccc(-c3ccnn3C)c2)n1. The number of benzene rings is 1. The molecule has 0 aliphatic heterocycles. The Morgan fingerprint density at radius 3 is 2.52 bits per heavy atom. The van der Waals surface area contributed by atoms with E-state index in [-0.39, 0.29) is 0 Å². The molecule has 0 aliphatic rings. The number of pyridine rings is 1. The number of rotatable bonds is 3. The van der Waals surface area contributed by atoms with Gasteiger partial charge in [-0.1, -0.05) is 24.3 Å². The van der Waals surface area contributed by atoms with E-state index in [1.165, 1.54) is 0 Å².